The largest absolute Gasteiger partial charge is 0.493 e. The van der Waals surface area contributed by atoms with Crippen LogP contribution in [0.25, 0.3) is 0 Å². The van der Waals surface area contributed by atoms with Gasteiger partial charge in [-0.2, -0.15) is 10.4 Å². The molecule has 0 atom stereocenters. The van der Waals surface area contributed by atoms with E-state index < -0.39 is 5.91 Å². The maximum absolute atomic E-state index is 11.8. The first-order chi connectivity index (χ1) is 12.6. The number of nitrogens with zero attached hydrogens (tertiary/aromatic N) is 2. The summed E-state index contributed by atoms with van der Waals surface area (Å²) in [6.45, 7) is 2.45. The predicted octanol–water partition coefficient (Wildman–Crippen LogP) is 3.64. The average Bonchev–Trinajstić information content (AvgIpc) is 2.66. The van der Waals surface area contributed by atoms with Crippen LogP contribution in [0.15, 0.2) is 52.0 Å². The summed E-state index contributed by atoms with van der Waals surface area (Å²) in [6.07, 6.45) is 2.42. The molecule has 0 unspecified atom stereocenters. The quantitative estimate of drug-likeness (QED) is 0.526. The van der Waals surface area contributed by atoms with Crippen LogP contribution in [0.5, 0.6) is 11.5 Å². The summed E-state index contributed by atoms with van der Waals surface area (Å²) in [7, 11) is 0. The molecule has 0 aliphatic carbocycles. The van der Waals surface area contributed by atoms with E-state index in [4.69, 9.17) is 14.7 Å². The Labute approximate surface area is 160 Å². The van der Waals surface area contributed by atoms with Crippen LogP contribution in [0.4, 0.5) is 0 Å². The number of ether oxygens (including phenoxy) is 2. The van der Waals surface area contributed by atoms with Gasteiger partial charge in [-0.05, 0) is 48.9 Å². The zero-order valence-electron chi connectivity index (χ0n) is 14.2. The lowest BCUT2D eigenvalue weighted by Crippen LogP contribution is -2.24. The maximum Gasteiger partial charge on any atom is 0.277 e. The van der Waals surface area contributed by atoms with Crippen LogP contribution >= 0.6 is 15.9 Å². The summed E-state index contributed by atoms with van der Waals surface area (Å²) >= 11 is 3.40. The van der Waals surface area contributed by atoms with Gasteiger partial charge in [-0.25, -0.2) is 5.43 Å². The van der Waals surface area contributed by atoms with Gasteiger partial charge in [0.25, 0.3) is 5.91 Å². The van der Waals surface area contributed by atoms with Gasteiger partial charge in [-0.15, -0.1) is 0 Å². The van der Waals surface area contributed by atoms with Gasteiger partial charge >= 0.3 is 0 Å². The number of benzene rings is 2. The normalized spacial score (nSPS) is 10.3. The number of carbonyl (C=O) groups is 1. The first-order valence-electron chi connectivity index (χ1n) is 7.99. The Bertz CT molecular complexity index is 814. The van der Waals surface area contributed by atoms with Crippen LogP contribution in [0.1, 0.15) is 24.5 Å². The number of hydrogen-bond donors (Lipinski definition) is 1. The Balaban J connectivity index is 1.88. The first-order valence-corrected chi connectivity index (χ1v) is 8.79. The van der Waals surface area contributed by atoms with Gasteiger partial charge in [0.2, 0.25) is 0 Å². The minimum atomic E-state index is -0.392. The van der Waals surface area contributed by atoms with Crippen LogP contribution in [-0.4, -0.2) is 25.3 Å². The van der Waals surface area contributed by atoms with E-state index >= 15 is 0 Å². The molecule has 0 bridgehead atoms. The molecule has 2 aromatic rings. The number of nitriles is 1. The number of halogens is 1. The van der Waals surface area contributed by atoms with Crippen molar-refractivity contribution in [2.24, 2.45) is 5.10 Å². The van der Waals surface area contributed by atoms with Crippen molar-refractivity contribution in [1.82, 2.24) is 5.43 Å². The molecule has 134 valence electrons. The molecule has 0 spiro atoms. The van der Waals surface area contributed by atoms with E-state index in [0.29, 0.717) is 23.7 Å². The fraction of sp³-hybridized carbons (Fsp3) is 0.211. The summed E-state index contributed by atoms with van der Waals surface area (Å²) < 4.78 is 11.9. The second-order valence-corrected chi connectivity index (χ2v) is 6.16. The van der Waals surface area contributed by atoms with Gasteiger partial charge in [0.1, 0.15) is 11.5 Å². The molecule has 0 aliphatic heterocycles. The minimum Gasteiger partial charge on any atom is -0.493 e. The zero-order chi connectivity index (χ0) is 18.8. The number of carbonyl (C=O) groups excluding carboxylic acids is 1. The van der Waals surface area contributed by atoms with Gasteiger partial charge in [0.05, 0.1) is 24.5 Å². The molecule has 0 saturated carbocycles. The van der Waals surface area contributed by atoms with Gasteiger partial charge in [0, 0.05) is 10.0 Å². The molecule has 0 heterocycles. The summed E-state index contributed by atoms with van der Waals surface area (Å²) in [5.74, 6) is 0.809. The second kappa shape index (κ2) is 10.2. The smallest absolute Gasteiger partial charge is 0.277 e. The fourth-order valence-electron chi connectivity index (χ4n) is 1.94. The first kappa shape index (κ1) is 19.5. The van der Waals surface area contributed by atoms with Crippen LogP contribution in [0.2, 0.25) is 0 Å². The van der Waals surface area contributed by atoms with E-state index in [1.165, 1.54) is 6.21 Å². The second-order valence-electron chi connectivity index (χ2n) is 5.25. The predicted molar refractivity (Wildman–Crippen MR) is 102 cm³/mol. The topological polar surface area (TPSA) is 83.7 Å². The lowest BCUT2D eigenvalue weighted by atomic mass is 10.2. The zero-order valence-corrected chi connectivity index (χ0v) is 15.8. The van der Waals surface area contributed by atoms with E-state index in [1.54, 1.807) is 24.3 Å². The monoisotopic (exact) mass is 415 g/mol. The highest BCUT2D eigenvalue weighted by Gasteiger charge is 2.04. The van der Waals surface area contributed by atoms with Crippen LogP contribution in [-0.2, 0) is 4.79 Å². The van der Waals surface area contributed by atoms with Gasteiger partial charge in [0.15, 0.2) is 6.61 Å². The molecule has 0 saturated heterocycles. The average molecular weight is 416 g/mol. The fourth-order valence-corrected chi connectivity index (χ4v) is 2.32. The highest BCUT2D eigenvalue weighted by Crippen LogP contribution is 2.22. The Morgan fingerprint density at radius 3 is 2.73 bits per heavy atom. The summed E-state index contributed by atoms with van der Waals surface area (Å²) in [5.41, 5.74) is 3.69. The molecule has 7 heteroatoms. The van der Waals surface area contributed by atoms with E-state index in [2.05, 4.69) is 26.5 Å². The van der Waals surface area contributed by atoms with E-state index in [-0.39, 0.29) is 6.61 Å². The van der Waals surface area contributed by atoms with Crippen molar-refractivity contribution in [3.8, 4) is 17.6 Å². The molecule has 2 rings (SSSR count). The minimum absolute atomic E-state index is 0.180. The third kappa shape index (κ3) is 6.22. The van der Waals surface area contributed by atoms with Crippen LogP contribution in [0, 0.1) is 11.3 Å². The summed E-state index contributed by atoms with van der Waals surface area (Å²) in [5, 5.41) is 12.7. The molecule has 6 nitrogen and oxygen atoms in total. The molecule has 1 N–H and O–H groups in total. The van der Waals surface area contributed by atoms with Crippen molar-refractivity contribution in [2.75, 3.05) is 13.2 Å². The highest BCUT2D eigenvalue weighted by molar-refractivity contribution is 9.10. The summed E-state index contributed by atoms with van der Waals surface area (Å²) in [4.78, 5) is 11.8. The Morgan fingerprint density at radius 1 is 1.27 bits per heavy atom. The van der Waals surface area contributed by atoms with Crippen molar-refractivity contribution in [3.05, 3.63) is 58.1 Å². The number of nitrogens with one attached hydrogen (secondary N) is 1. The van der Waals surface area contributed by atoms with E-state index in [0.717, 1.165) is 16.5 Å². The summed E-state index contributed by atoms with van der Waals surface area (Å²) in [6, 6.07) is 14.1. The lowest BCUT2D eigenvalue weighted by Gasteiger charge is -2.08. The van der Waals surface area contributed by atoms with Crippen molar-refractivity contribution in [2.45, 2.75) is 13.3 Å². The molecule has 0 aromatic heterocycles. The van der Waals surface area contributed by atoms with E-state index in [1.807, 2.05) is 31.2 Å². The van der Waals surface area contributed by atoms with Gasteiger partial charge in [-0.3, -0.25) is 4.79 Å². The van der Waals surface area contributed by atoms with Crippen LogP contribution < -0.4 is 14.9 Å². The Kier molecular flexibility index (Phi) is 7.65. The van der Waals surface area contributed by atoms with Gasteiger partial charge < -0.3 is 9.47 Å². The molecule has 0 fully saturated rings. The third-order valence-corrected chi connectivity index (χ3v) is 3.67. The molecular weight excluding hydrogens is 398 g/mol. The van der Waals surface area contributed by atoms with Crippen LogP contribution in [0.3, 0.4) is 0 Å². The molecule has 0 radical (unpaired) electrons. The molecule has 26 heavy (non-hydrogen) atoms. The number of rotatable bonds is 8. The SMILES string of the molecule is CCCOc1ccc(Br)cc1/C=N\NC(=O)COc1ccc(C#N)cc1. The lowest BCUT2D eigenvalue weighted by molar-refractivity contribution is -0.123. The van der Waals surface area contributed by atoms with E-state index in [9.17, 15) is 4.79 Å². The molecule has 1 amide bonds. The maximum atomic E-state index is 11.8. The number of hydrazone groups is 1. The Morgan fingerprint density at radius 2 is 2.04 bits per heavy atom. The third-order valence-electron chi connectivity index (χ3n) is 3.18. The van der Waals surface area contributed by atoms with Crippen molar-refractivity contribution in [3.63, 3.8) is 0 Å². The van der Waals surface area contributed by atoms with Crippen molar-refractivity contribution < 1.29 is 14.3 Å². The number of amides is 1. The van der Waals surface area contributed by atoms with Crippen molar-refractivity contribution in [1.29, 1.82) is 5.26 Å². The van der Waals surface area contributed by atoms with Gasteiger partial charge in [-0.1, -0.05) is 22.9 Å². The molecular formula is C19H18BrN3O3. The van der Waals surface area contributed by atoms with Crippen molar-refractivity contribution >= 4 is 28.1 Å². The molecule has 0 aliphatic rings. The molecule has 2 aromatic carbocycles. The standard InChI is InChI=1S/C19H18BrN3O3/c1-2-9-25-18-8-5-16(20)10-15(18)12-22-23-19(24)13-26-17-6-3-14(11-21)4-7-17/h3-8,10,12H,2,9,13H2,1H3,(H,23,24)/b22-12-. The highest BCUT2D eigenvalue weighted by atomic mass is 79.9. The Hall–Kier alpha value is -2.85. The number of hydrogen-bond acceptors (Lipinski definition) is 5.